The molecule has 0 aromatic heterocycles. The lowest BCUT2D eigenvalue weighted by Gasteiger charge is -2.31. The minimum absolute atomic E-state index is 0. The molecule has 2 rings (SSSR count). The van der Waals surface area contributed by atoms with Crippen LogP contribution in [0.25, 0.3) is 0 Å². The molecule has 0 amide bonds. The van der Waals surface area contributed by atoms with E-state index in [4.69, 9.17) is 4.74 Å². The molecule has 0 N–H and O–H groups in total. The fraction of sp³-hybridized carbons (Fsp3) is 0.556. The van der Waals surface area contributed by atoms with Gasteiger partial charge in [0, 0.05) is 12.6 Å². The van der Waals surface area contributed by atoms with Crippen LogP contribution < -0.4 is 4.74 Å². The molecule has 0 saturated carbocycles. The maximum Gasteiger partial charge on any atom is 0.243 e. The Bertz CT molecular complexity index is 752. The molecule has 2 aromatic rings. The van der Waals surface area contributed by atoms with Gasteiger partial charge in [0.2, 0.25) is 10.0 Å². The monoisotopic (exact) mass is 469 g/mol. The topological polar surface area (TPSA) is 46.6 Å². The van der Waals surface area contributed by atoms with Gasteiger partial charge in [-0.3, -0.25) is 0 Å². The number of hydrogen-bond donors (Lipinski definition) is 0. The smallest absolute Gasteiger partial charge is 0.243 e. The maximum absolute atomic E-state index is 12.7. The number of sulfonamides is 1. The van der Waals surface area contributed by atoms with Crippen molar-refractivity contribution in [2.75, 3.05) is 7.05 Å². The second-order valence-electron chi connectivity index (χ2n) is 6.39. The van der Waals surface area contributed by atoms with Gasteiger partial charge < -0.3 is 4.74 Å². The van der Waals surface area contributed by atoms with E-state index in [9.17, 15) is 8.42 Å². The zero-order chi connectivity index (χ0) is 25.1. The summed E-state index contributed by atoms with van der Waals surface area (Å²) in [7, 11) is -1.92. The van der Waals surface area contributed by atoms with Crippen LogP contribution in [0, 0.1) is 0 Å². The van der Waals surface area contributed by atoms with E-state index in [1.165, 1.54) is 4.31 Å². The molecule has 0 unspecified atom stereocenters. The molecule has 0 saturated heterocycles. The first-order chi connectivity index (χ1) is 14.7. The van der Waals surface area contributed by atoms with Crippen molar-refractivity contribution >= 4 is 10.0 Å². The molecule has 2 aromatic carbocycles. The van der Waals surface area contributed by atoms with E-state index in [-0.39, 0.29) is 12.3 Å². The van der Waals surface area contributed by atoms with Crippen LogP contribution >= 0.6 is 0 Å². The first-order valence-corrected chi connectivity index (χ1v) is 12.9. The number of nitrogens with zero attached hydrogens (tertiary/aromatic N) is 1. The first-order valence-electron chi connectivity index (χ1n) is 11.5. The van der Waals surface area contributed by atoms with Gasteiger partial charge in [0.15, 0.2) is 0 Å². The predicted octanol–water partition coefficient (Wildman–Crippen LogP) is 8.43. The lowest BCUT2D eigenvalue weighted by atomic mass is 10.1. The van der Waals surface area contributed by atoms with Gasteiger partial charge in [-0.25, -0.2) is 8.42 Å². The highest BCUT2D eigenvalue weighted by Gasteiger charge is 2.30. The zero-order valence-corrected chi connectivity index (χ0v) is 22.8. The van der Waals surface area contributed by atoms with Crippen molar-refractivity contribution in [3.63, 3.8) is 0 Å². The third-order valence-electron chi connectivity index (χ3n) is 3.65. The Morgan fingerprint density at radius 2 is 1.25 bits per heavy atom. The number of para-hydroxylation sites is 1. The highest BCUT2D eigenvalue weighted by atomic mass is 32.2. The van der Waals surface area contributed by atoms with Crippen molar-refractivity contribution in [3.8, 4) is 5.75 Å². The van der Waals surface area contributed by atoms with Gasteiger partial charge in [-0.05, 0) is 50.6 Å². The Hall–Kier alpha value is -1.85. The van der Waals surface area contributed by atoms with Gasteiger partial charge in [0.25, 0.3) is 0 Å². The Balaban J connectivity index is -0.000000392. The molecule has 0 atom stereocenters. The molecule has 5 heteroatoms. The van der Waals surface area contributed by atoms with Crippen molar-refractivity contribution in [2.24, 2.45) is 0 Å². The van der Waals surface area contributed by atoms with E-state index in [1.54, 1.807) is 25.2 Å². The van der Waals surface area contributed by atoms with Crippen LogP contribution in [0.2, 0.25) is 0 Å². The number of ether oxygens (including phenoxy) is 1. The van der Waals surface area contributed by atoms with E-state index < -0.39 is 15.6 Å². The van der Waals surface area contributed by atoms with Crippen LogP contribution in [0.4, 0.5) is 0 Å². The Kier molecular flexibility index (Phi) is 24.6. The summed E-state index contributed by atoms with van der Waals surface area (Å²) in [4.78, 5) is 0.282. The van der Waals surface area contributed by atoms with Crippen LogP contribution in [0.15, 0.2) is 59.5 Å². The quantitative estimate of drug-likeness (QED) is 0.441. The normalized spacial score (nSPS) is 9.66. The third-order valence-corrected chi connectivity index (χ3v) is 5.77. The number of hydrogen-bond acceptors (Lipinski definition) is 3. The minimum Gasteiger partial charge on any atom is -0.489 e. The molecule has 0 aliphatic carbocycles. The summed E-state index contributed by atoms with van der Waals surface area (Å²) in [6.07, 6.45) is 0. The largest absolute Gasteiger partial charge is 0.489 e. The van der Waals surface area contributed by atoms with Crippen molar-refractivity contribution < 1.29 is 13.2 Å². The van der Waals surface area contributed by atoms with Crippen molar-refractivity contribution in [1.82, 2.24) is 4.31 Å². The Morgan fingerprint density at radius 1 is 0.781 bits per heavy atom. The average Bonchev–Trinajstić information content (AvgIpc) is 2.82. The number of benzene rings is 2. The number of rotatable bonds is 5. The molecule has 0 aliphatic rings. The van der Waals surface area contributed by atoms with Gasteiger partial charge >= 0.3 is 0 Å². The predicted molar refractivity (Wildman–Crippen MR) is 144 cm³/mol. The molecule has 0 bridgehead atoms. The van der Waals surface area contributed by atoms with Gasteiger partial charge in [0.1, 0.15) is 12.4 Å². The molecule has 0 heterocycles. The maximum atomic E-state index is 12.7. The first kappa shape index (κ1) is 37.5. The molecule has 4 nitrogen and oxygen atoms in total. The standard InChI is InChI=1S/C18H23NO3S.4C2H6.CH4/c1-18(2,3)19(4)23(20,21)17-12-8-9-15(13-17)14-22-16-10-6-5-7-11-16;4*1-2;/h5-13H,14H2,1-4H3;4*1-2H3;1H4. The lowest BCUT2D eigenvalue weighted by molar-refractivity contribution is 0.291. The third kappa shape index (κ3) is 13.5. The molecule has 32 heavy (non-hydrogen) atoms. The van der Waals surface area contributed by atoms with E-state index in [2.05, 4.69) is 0 Å². The van der Waals surface area contributed by atoms with Crippen LogP contribution in [0.1, 0.15) is 89.2 Å². The molecule has 188 valence electrons. The summed E-state index contributed by atoms with van der Waals surface area (Å²) in [6.45, 7) is 21.9. The van der Waals surface area contributed by atoms with Gasteiger partial charge in [-0.15, -0.1) is 0 Å². The van der Waals surface area contributed by atoms with Crippen LogP contribution in [0.5, 0.6) is 5.75 Å². The van der Waals surface area contributed by atoms with E-state index in [1.807, 2.05) is 113 Å². The van der Waals surface area contributed by atoms with E-state index in [0.717, 1.165) is 11.3 Å². The van der Waals surface area contributed by atoms with Gasteiger partial charge in [-0.1, -0.05) is 93.1 Å². The van der Waals surface area contributed by atoms with Crippen LogP contribution in [0.3, 0.4) is 0 Å². The fourth-order valence-corrected chi connectivity index (χ4v) is 3.59. The Labute approximate surface area is 201 Å². The molecular formula is C27H51NO3S. The zero-order valence-electron chi connectivity index (χ0n) is 22.0. The molecule has 0 aliphatic heterocycles. The summed E-state index contributed by atoms with van der Waals surface area (Å²) < 4.78 is 32.4. The van der Waals surface area contributed by atoms with Gasteiger partial charge in [-0.2, -0.15) is 4.31 Å². The van der Waals surface area contributed by atoms with E-state index >= 15 is 0 Å². The second-order valence-corrected chi connectivity index (χ2v) is 8.36. The SMILES string of the molecule is C.CC.CC.CC.CC.CN(C(C)(C)C)S(=O)(=O)c1cccc(COc2ccccc2)c1. The minimum atomic E-state index is -3.52. The molecular weight excluding hydrogens is 418 g/mol. The summed E-state index contributed by atoms with van der Waals surface area (Å²) >= 11 is 0. The molecule has 0 radical (unpaired) electrons. The average molecular weight is 470 g/mol. The van der Waals surface area contributed by atoms with Crippen LogP contribution in [-0.4, -0.2) is 25.3 Å². The fourth-order valence-electron chi connectivity index (χ4n) is 2.00. The van der Waals surface area contributed by atoms with Crippen LogP contribution in [-0.2, 0) is 16.6 Å². The van der Waals surface area contributed by atoms with Crippen molar-refractivity contribution in [1.29, 1.82) is 0 Å². The second kappa shape index (κ2) is 21.0. The van der Waals surface area contributed by atoms with E-state index in [0.29, 0.717) is 6.61 Å². The van der Waals surface area contributed by atoms with Gasteiger partial charge in [0.05, 0.1) is 4.90 Å². The van der Waals surface area contributed by atoms with Crippen molar-refractivity contribution in [3.05, 3.63) is 60.2 Å². The lowest BCUT2D eigenvalue weighted by Crippen LogP contribution is -2.42. The molecule has 0 fully saturated rings. The Morgan fingerprint density at radius 3 is 1.69 bits per heavy atom. The highest BCUT2D eigenvalue weighted by Crippen LogP contribution is 2.23. The highest BCUT2D eigenvalue weighted by molar-refractivity contribution is 7.89. The summed E-state index contributed by atoms with van der Waals surface area (Å²) in [5.74, 6) is 0.757. The summed E-state index contributed by atoms with van der Waals surface area (Å²) in [5, 5.41) is 0. The summed E-state index contributed by atoms with van der Waals surface area (Å²) in [5.41, 5.74) is 0.340. The molecule has 0 spiro atoms. The summed E-state index contributed by atoms with van der Waals surface area (Å²) in [6, 6.07) is 16.3. The van der Waals surface area contributed by atoms with Crippen molar-refractivity contribution in [2.45, 2.75) is 101 Å².